The van der Waals surface area contributed by atoms with Gasteiger partial charge >= 0.3 is 5.97 Å². The van der Waals surface area contributed by atoms with E-state index in [-0.39, 0.29) is 5.91 Å². The summed E-state index contributed by atoms with van der Waals surface area (Å²) < 4.78 is 0.809. The number of hydrogen-bond donors (Lipinski definition) is 2. The van der Waals surface area contributed by atoms with Crippen molar-refractivity contribution in [1.82, 2.24) is 5.32 Å². The van der Waals surface area contributed by atoms with Crippen molar-refractivity contribution in [3.8, 4) is 0 Å². The summed E-state index contributed by atoms with van der Waals surface area (Å²) in [5.41, 5.74) is 0.504. The lowest BCUT2D eigenvalue weighted by molar-refractivity contribution is -0.141. The molecule has 4 nitrogen and oxygen atoms in total. The largest absolute Gasteiger partial charge is 0.481 e. The Bertz CT molecular complexity index is 434. The van der Waals surface area contributed by atoms with E-state index < -0.39 is 17.9 Å². The highest BCUT2D eigenvalue weighted by atomic mass is 79.9. The molecule has 2 unspecified atom stereocenters. The van der Waals surface area contributed by atoms with E-state index in [0.29, 0.717) is 5.56 Å². The Morgan fingerprint density at radius 2 is 2.00 bits per heavy atom. The number of amides is 1. The molecular weight excluding hydrogens is 286 g/mol. The Balaban J connectivity index is 2.70. The highest BCUT2D eigenvalue weighted by molar-refractivity contribution is 9.10. The van der Waals surface area contributed by atoms with Crippen molar-refractivity contribution in [2.45, 2.75) is 19.9 Å². The van der Waals surface area contributed by atoms with Gasteiger partial charge in [-0.1, -0.05) is 22.0 Å². The number of carbonyl (C=O) groups is 2. The van der Waals surface area contributed by atoms with E-state index in [1.807, 2.05) is 6.07 Å². The smallest absolute Gasteiger partial charge is 0.308 e. The van der Waals surface area contributed by atoms with Crippen LogP contribution in [0.25, 0.3) is 0 Å². The zero-order valence-corrected chi connectivity index (χ0v) is 11.2. The van der Waals surface area contributed by atoms with Crippen LogP contribution >= 0.6 is 15.9 Å². The Kier molecular flexibility index (Phi) is 4.69. The van der Waals surface area contributed by atoms with E-state index in [4.69, 9.17) is 5.11 Å². The molecule has 0 spiro atoms. The van der Waals surface area contributed by atoms with Crippen LogP contribution in [0.4, 0.5) is 0 Å². The predicted molar refractivity (Wildman–Crippen MR) is 67.9 cm³/mol. The molecule has 17 heavy (non-hydrogen) atoms. The van der Waals surface area contributed by atoms with Gasteiger partial charge in [0.2, 0.25) is 0 Å². The molecule has 1 aromatic carbocycles. The standard InChI is InChI=1S/C12H14BrNO3/c1-7(12(16)17)8(2)14-11(15)9-4-3-5-10(13)6-9/h3-8H,1-2H3,(H,14,15)(H,16,17). The predicted octanol–water partition coefficient (Wildman–Crippen LogP) is 2.29. The van der Waals surface area contributed by atoms with Crippen LogP contribution in [-0.4, -0.2) is 23.0 Å². The van der Waals surface area contributed by atoms with Crippen LogP contribution in [0.2, 0.25) is 0 Å². The third-order valence-electron chi connectivity index (χ3n) is 2.59. The molecule has 0 radical (unpaired) electrons. The maximum absolute atomic E-state index is 11.8. The third-order valence-corrected chi connectivity index (χ3v) is 3.08. The number of rotatable bonds is 4. The number of carboxylic acid groups (broad SMARTS) is 1. The van der Waals surface area contributed by atoms with Crippen LogP contribution in [0.5, 0.6) is 0 Å². The zero-order valence-electron chi connectivity index (χ0n) is 9.61. The van der Waals surface area contributed by atoms with Gasteiger partial charge in [0, 0.05) is 16.1 Å². The first-order valence-electron chi connectivity index (χ1n) is 5.21. The van der Waals surface area contributed by atoms with Gasteiger partial charge in [-0.25, -0.2) is 0 Å². The molecule has 2 N–H and O–H groups in total. The fraction of sp³-hybridized carbons (Fsp3) is 0.333. The SMILES string of the molecule is CC(NC(=O)c1cccc(Br)c1)C(C)C(=O)O. The van der Waals surface area contributed by atoms with Crippen molar-refractivity contribution in [1.29, 1.82) is 0 Å². The van der Waals surface area contributed by atoms with Gasteiger partial charge in [0.15, 0.2) is 0 Å². The maximum Gasteiger partial charge on any atom is 0.308 e. The average Bonchev–Trinajstić information content (AvgIpc) is 2.27. The van der Waals surface area contributed by atoms with Crippen LogP contribution in [-0.2, 0) is 4.79 Å². The Morgan fingerprint density at radius 1 is 1.35 bits per heavy atom. The summed E-state index contributed by atoms with van der Waals surface area (Å²) >= 11 is 3.27. The number of nitrogens with one attached hydrogen (secondary N) is 1. The quantitative estimate of drug-likeness (QED) is 0.896. The summed E-state index contributed by atoms with van der Waals surface area (Å²) in [6, 6.07) is 6.52. The lowest BCUT2D eigenvalue weighted by atomic mass is 10.0. The van der Waals surface area contributed by atoms with Gasteiger partial charge in [0.25, 0.3) is 5.91 Å². The highest BCUT2D eigenvalue weighted by Crippen LogP contribution is 2.12. The van der Waals surface area contributed by atoms with Gasteiger partial charge in [-0.2, -0.15) is 0 Å². The molecule has 0 saturated carbocycles. The molecule has 1 amide bonds. The molecule has 0 saturated heterocycles. The highest BCUT2D eigenvalue weighted by Gasteiger charge is 2.21. The molecule has 0 bridgehead atoms. The lowest BCUT2D eigenvalue weighted by Crippen LogP contribution is -2.40. The minimum Gasteiger partial charge on any atom is -0.481 e. The molecule has 0 aliphatic carbocycles. The summed E-state index contributed by atoms with van der Waals surface area (Å²) in [5, 5.41) is 11.5. The number of benzene rings is 1. The van der Waals surface area contributed by atoms with E-state index in [0.717, 1.165) is 4.47 Å². The second-order valence-corrected chi connectivity index (χ2v) is 4.82. The first kappa shape index (κ1) is 13.7. The Morgan fingerprint density at radius 3 is 2.53 bits per heavy atom. The second-order valence-electron chi connectivity index (χ2n) is 3.90. The molecule has 0 fully saturated rings. The molecule has 92 valence electrons. The van der Waals surface area contributed by atoms with Gasteiger partial charge in [0.05, 0.1) is 5.92 Å². The van der Waals surface area contributed by atoms with Gasteiger partial charge in [-0.3, -0.25) is 9.59 Å². The number of aliphatic carboxylic acids is 1. The van der Waals surface area contributed by atoms with Gasteiger partial charge in [-0.15, -0.1) is 0 Å². The molecule has 0 aliphatic heterocycles. The Labute approximate surface area is 108 Å². The van der Waals surface area contributed by atoms with E-state index in [1.54, 1.807) is 32.0 Å². The second kappa shape index (κ2) is 5.82. The molecule has 1 rings (SSSR count). The fourth-order valence-corrected chi connectivity index (χ4v) is 1.66. The lowest BCUT2D eigenvalue weighted by Gasteiger charge is -2.17. The zero-order chi connectivity index (χ0) is 13.0. The van der Waals surface area contributed by atoms with Crippen molar-refractivity contribution >= 4 is 27.8 Å². The van der Waals surface area contributed by atoms with Crippen LogP contribution in [0.15, 0.2) is 28.7 Å². The van der Waals surface area contributed by atoms with E-state index in [2.05, 4.69) is 21.2 Å². The van der Waals surface area contributed by atoms with Crippen LogP contribution < -0.4 is 5.32 Å². The summed E-state index contributed by atoms with van der Waals surface area (Å²) in [6.45, 7) is 3.24. The fourth-order valence-electron chi connectivity index (χ4n) is 1.26. The number of halogens is 1. The van der Waals surface area contributed by atoms with Gasteiger partial charge in [-0.05, 0) is 32.0 Å². The molecule has 1 aromatic rings. The first-order chi connectivity index (χ1) is 7.91. The van der Waals surface area contributed by atoms with Crippen molar-refractivity contribution in [2.75, 3.05) is 0 Å². The minimum atomic E-state index is -0.924. The van der Waals surface area contributed by atoms with Crippen molar-refractivity contribution in [2.24, 2.45) is 5.92 Å². The monoisotopic (exact) mass is 299 g/mol. The summed E-state index contributed by atoms with van der Waals surface area (Å²) in [6.07, 6.45) is 0. The molecule has 5 heteroatoms. The maximum atomic E-state index is 11.8. The molecule has 0 heterocycles. The Hall–Kier alpha value is -1.36. The van der Waals surface area contributed by atoms with Crippen molar-refractivity contribution < 1.29 is 14.7 Å². The van der Waals surface area contributed by atoms with Gasteiger partial charge in [0.1, 0.15) is 0 Å². The number of hydrogen-bond acceptors (Lipinski definition) is 2. The molecule has 0 aliphatic rings. The minimum absolute atomic E-state index is 0.271. The van der Waals surface area contributed by atoms with Crippen LogP contribution in [0.1, 0.15) is 24.2 Å². The van der Waals surface area contributed by atoms with E-state index in [9.17, 15) is 9.59 Å². The van der Waals surface area contributed by atoms with E-state index >= 15 is 0 Å². The summed E-state index contributed by atoms with van der Waals surface area (Å²) in [4.78, 5) is 22.6. The van der Waals surface area contributed by atoms with Crippen molar-refractivity contribution in [3.63, 3.8) is 0 Å². The molecule has 2 atom stereocenters. The molecule has 0 aromatic heterocycles. The summed E-state index contributed by atoms with van der Waals surface area (Å²) in [5.74, 6) is -1.81. The van der Waals surface area contributed by atoms with E-state index in [1.165, 1.54) is 0 Å². The van der Waals surface area contributed by atoms with Crippen molar-refractivity contribution in [3.05, 3.63) is 34.3 Å². The molecular formula is C12H14BrNO3. The van der Waals surface area contributed by atoms with Crippen LogP contribution in [0, 0.1) is 5.92 Å². The van der Waals surface area contributed by atoms with Gasteiger partial charge < -0.3 is 10.4 Å². The average molecular weight is 300 g/mol. The third kappa shape index (κ3) is 3.85. The van der Waals surface area contributed by atoms with Crippen LogP contribution in [0.3, 0.4) is 0 Å². The summed E-state index contributed by atoms with van der Waals surface area (Å²) in [7, 11) is 0. The topological polar surface area (TPSA) is 66.4 Å². The number of carboxylic acids is 1. The number of carbonyl (C=O) groups excluding carboxylic acids is 1. The normalized spacial score (nSPS) is 13.8. The first-order valence-corrected chi connectivity index (χ1v) is 6.00.